The van der Waals surface area contributed by atoms with Gasteiger partial charge in [-0.2, -0.15) is 0 Å². The number of rotatable bonds is 3. The molecule has 1 heterocycles. The maximum Gasteiger partial charge on any atom is 0.275 e. The number of aromatic nitrogens is 1. The second-order valence-electron chi connectivity index (χ2n) is 4.21. The Morgan fingerprint density at radius 1 is 1.30 bits per heavy atom. The van der Waals surface area contributed by atoms with Crippen molar-refractivity contribution < 1.29 is 9.18 Å². The van der Waals surface area contributed by atoms with Gasteiger partial charge in [-0.25, -0.2) is 9.37 Å². The Bertz CT molecular complexity index is 661. The molecular formula is C14H13ClFN3O. The average molecular weight is 294 g/mol. The van der Waals surface area contributed by atoms with Crippen LogP contribution in [0.4, 0.5) is 15.9 Å². The third kappa shape index (κ3) is 3.05. The monoisotopic (exact) mass is 293 g/mol. The topological polar surface area (TPSA) is 54.0 Å². The first-order valence-electron chi connectivity index (χ1n) is 5.93. The molecule has 0 saturated heterocycles. The zero-order valence-electron chi connectivity index (χ0n) is 11.0. The van der Waals surface area contributed by atoms with E-state index in [2.05, 4.69) is 15.6 Å². The molecule has 4 nitrogen and oxygen atoms in total. The summed E-state index contributed by atoms with van der Waals surface area (Å²) in [4.78, 5) is 16.2. The molecule has 1 aromatic heterocycles. The third-order valence-corrected chi connectivity index (χ3v) is 2.99. The van der Waals surface area contributed by atoms with Crippen LogP contribution in [0.2, 0.25) is 5.02 Å². The van der Waals surface area contributed by atoms with Crippen LogP contribution in [-0.2, 0) is 0 Å². The number of anilines is 2. The average Bonchev–Trinajstić information content (AvgIpc) is 2.43. The van der Waals surface area contributed by atoms with Gasteiger partial charge in [-0.3, -0.25) is 4.79 Å². The van der Waals surface area contributed by atoms with Gasteiger partial charge in [0.2, 0.25) is 0 Å². The quantitative estimate of drug-likeness (QED) is 0.911. The van der Waals surface area contributed by atoms with Crippen molar-refractivity contribution in [3.8, 4) is 0 Å². The minimum absolute atomic E-state index is 0.0411. The van der Waals surface area contributed by atoms with Gasteiger partial charge >= 0.3 is 0 Å². The number of carbonyl (C=O) groups is 1. The van der Waals surface area contributed by atoms with Crippen molar-refractivity contribution in [2.45, 2.75) is 6.92 Å². The van der Waals surface area contributed by atoms with Gasteiger partial charge in [0.15, 0.2) is 0 Å². The smallest absolute Gasteiger partial charge is 0.275 e. The fourth-order valence-corrected chi connectivity index (χ4v) is 1.85. The number of carbonyl (C=O) groups excluding carboxylic acids is 1. The van der Waals surface area contributed by atoms with Gasteiger partial charge in [0.1, 0.15) is 17.3 Å². The molecule has 0 aliphatic heterocycles. The molecule has 0 aliphatic carbocycles. The number of hydrogen-bond donors (Lipinski definition) is 2. The van der Waals surface area contributed by atoms with Crippen molar-refractivity contribution in [2.24, 2.45) is 0 Å². The van der Waals surface area contributed by atoms with E-state index in [4.69, 9.17) is 11.6 Å². The summed E-state index contributed by atoms with van der Waals surface area (Å²) in [5.74, 6) is -0.564. The van der Waals surface area contributed by atoms with E-state index >= 15 is 0 Å². The summed E-state index contributed by atoms with van der Waals surface area (Å²) in [6, 6.07) is 7.67. The van der Waals surface area contributed by atoms with Crippen molar-refractivity contribution in [2.75, 3.05) is 17.7 Å². The van der Waals surface area contributed by atoms with Crippen molar-refractivity contribution in [3.63, 3.8) is 0 Å². The number of aryl methyl sites for hydroxylation is 1. The molecule has 20 heavy (non-hydrogen) atoms. The summed E-state index contributed by atoms with van der Waals surface area (Å²) in [7, 11) is 1.68. The maximum absolute atomic E-state index is 13.6. The molecule has 6 heteroatoms. The minimum atomic E-state index is -0.559. The molecule has 2 N–H and O–H groups in total. The lowest BCUT2D eigenvalue weighted by Gasteiger charge is -2.09. The lowest BCUT2D eigenvalue weighted by Crippen LogP contribution is -2.16. The van der Waals surface area contributed by atoms with Crippen LogP contribution in [0.3, 0.4) is 0 Å². The fraction of sp³-hybridized carbons (Fsp3) is 0.143. The minimum Gasteiger partial charge on any atom is -0.373 e. The van der Waals surface area contributed by atoms with Crippen molar-refractivity contribution in [1.29, 1.82) is 0 Å². The normalized spacial score (nSPS) is 10.2. The Morgan fingerprint density at radius 2 is 2.05 bits per heavy atom. The van der Waals surface area contributed by atoms with Crippen LogP contribution in [0.25, 0.3) is 0 Å². The number of amides is 1. The highest BCUT2D eigenvalue weighted by molar-refractivity contribution is 6.34. The van der Waals surface area contributed by atoms with Crippen LogP contribution in [-0.4, -0.2) is 17.9 Å². The number of benzene rings is 1. The molecule has 0 unspecified atom stereocenters. The highest BCUT2D eigenvalue weighted by Crippen LogP contribution is 2.20. The molecule has 0 aliphatic rings. The first kappa shape index (κ1) is 14.3. The molecule has 2 rings (SSSR count). The Morgan fingerprint density at radius 3 is 2.75 bits per heavy atom. The molecule has 104 valence electrons. The second-order valence-corrected chi connectivity index (χ2v) is 4.62. The molecular weight excluding hydrogens is 281 g/mol. The maximum atomic E-state index is 13.6. The van der Waals surface area contributed by atoms with E-state index in [1.807, 2.05) is 6.92 Å². The van der Waals surface area contributed by atoms with E-state index in [0.717, 1.165) is 5.56 Å². The Hall–Kier alpha value is -2.14. The first-order valence-corrected chi connectivity index (χ1v) is 6.31. The largest absolute Gasteiger partial charge is 0.373 e. The molecule has 0 atom stereocenters. The molecule has 0 saturated carbocycles. The summed E-state index contributed by atoms with van der Waals surface area (Å²) >= 11 is 5.94. The van der Waals surface area contributed by atoms with Gasteiger partial charge in [-0.05, 0) is 36.8 Å². The molecule has 0 bridgehead atoms. The SMILES string of the molecule is CNc1ccc(Cl)c(C(=O)Nc2cc(C)ccc2F)n1. The lowest BCUT2D eigenvalue weighted by atomic mass is 10.2. The second kappa shape index (κ2) is 5.88. The lowest BCUT2D eigenvalue weighted by molar-refractivity contribution is 0.102. The first-order chi connectivity index (χ1) is 9.51. The van der Waals surface area contributed by atoms with Crippen molar-refractivity contribution in [3.05, 3.63) is 52.4 Å². The zero-order valence-corrected chi connectivity index (χ0v) is 11.8. The molecule has 1 amide bonds. The van der Waals surface area contributed by atoms with E-state index < -0.39 is 11.7 Å². The van der Waals surface area contributed by atoms with Crippen LogP contribution in [0, 0.1) is 12.7 Å². The fourth-order valence-electron chi connectivity index (χ4n) is 1.66. The van der Waals surface area contributed by atoms with Crippen LogP contribution in [0.1, 0.15) is 16.1 Å². The number of nitrogens with zero attached hydrogens (tertiary/aromatic N) is 1. The number of hydrogen-bond acceptors (Lipinski definition) is 3. The van der Waals surface area contributed by atoms with E-state index in [1.165, 1.54) is 6.07 Å². The van der Waals surface area contributed by atoms with Crippen molar-refractivity contribution >= 4 is 29.0 Å². The van der Waals surface area contributed by atoms with Gasteiger partial charge in [-0.1, -0.05) is 17.7 Å². The molecule has 0 spiro atoms. The predicted octanol–water partition coefficient (Wildman–Crippen LogP) is 3.48. The van der Waals surface area contributed by atoms with Gasteiger partial charge in [0.25, 0.3) is 5.91 Å². The zero-order chi connectivity index (χ0) is 14.7. The predicted molar refractivity (Wildman–Crippen MR) is 77.9 cm³/mol. The summed E-state index contributed by atoms with van der Waals surface area (Å²) in [5, 5.41) is 5.48. The number of pyridine rings is 1. The summed E-state index contributed by atoms with van der Waals surface area (Å²) in [5.41, 5.74) is 0.979. The van der Waals surface area contributed by atoms with Crippen LogP contribution in [0.15, 0.2) is 30.3 Å². The molecule has 0 radical (unpaired) electrons. The van der Waals surface area contributed by atoms with Gasteiger partial charge in [0.05, 0.1) is 10.7 Å². The number of nitrogens with one attached hydrogen (secondary N) is 2. The summed E-state index contributed by atoms with van der Waals surface area (Å²) in [6.07, 6.45) is 0. The third-order valence-electron chi connectivity index (χ3n) is 2.69. The van der Waals surface area contributed by atoms with E-state index in [1.54, 1.807) is 31.3 Å². The summed E-state index contributed by atoms with van der Waals surface area (Å²) in [6.45, 7) is 1.81. The molecule has 1 aromatic carbocycles. The Labute approximate surface area is 121 Å². The van der Waals surface area contributed by atoms with Gasteiger partial charge in [-0.15, -0.1) is 0 Å². The van der Waals surface area contributed by atoms with E-state index in [0.29, 0.717) is 5.82 Å². The Kier molecular flexibility index (Phi) is 4.20. The van der Waals surface area contributed by atoms with Crippen molar-refractivity contribution in [1.82, 2.24) is 4.98 Å². The van der Waals surface area contributed by atoms with Gasteiger partial charge in [0, 0.05) is 7.05 Å². The highest BCUT2D eigenvalue weighted by Gasteiger charge is 2.15. The summed E-state index contributed by atoms with van der Waals surface area (Å²) < 4.78 is 13.6. The Balaban J connectivity index is 2.30. The molecule has 0 fully saturated rings. The van der Waals surface area contributed by atoms with Crippen LogP contribution in [0.5, 0.6) is 0 Å². The molecule has 2 aromatic rings. The van der Waals surface area contributed by atoms with E-state index in [9.17, 15) is 9.18 Å². The van der Waals surface area contributed by atoms with Crippen LogP contribution < -0.4 is 10.6 Å². The van der Waals surface area contributed by atoms with E-state index in [-0.39, 0.29) is 16.4 Å². The number of halogens is 2. The van der Waals surface area contributed by atoms with Crippen LogP contribution >= 0.6 is 11.6 Å². The van der Waals surface area contributed by atoms with Gasteiger partial charge < -0.3 is 10.6 Å². The highest BCUT2D eigenvalue weighted by atomic mass is 35.5. The standard InChI is InChI=1S/C14H13ClFN3O/c1-8-3-5-10(16)11(7-8)18-14(20)13-9(15)4-6-12(17-2)19-13/h3-7H,1-2H3,(H,17,19)(H,18,20).